The van der Waals surface area contributed by atoms with Crippen LogP contribution in [0.1, 0.15) is 30.9 Å². The Kier molecular flexibility index (Phi) is 2.38. The molecule has 1 heteroatoms. The zero-order chi connectivity index (χ0) is 8.43. The topological polar surface area (TPSA) is 0 Å². The van der Waals surface area contributed by atoms with Crippen LogP contribution < -0.4 is 5.46 Å². The molecule has 0 aliphatic carbocycles. The largest absolute Gasteiger partial charge is 0.139 e. The molecule has 0 heterocycles. The van der Waals surface area contributed by atoms with Crippen molar-refractivity contribution in [1.29, 1.82) is 0 Å². The van der Waals surface area contributed by atoms with Crippen molar-refractivity contribution in [3.8, 4) is 0 Å². The molecule has 1 rings (SSSR count). The number of aryl methyl sites for hydroxylation is 1. The molecule has 0 aliphatic heterocycles. The van der Waals surface area contributed by atoms with Gasteiger partial charge in [0.1, 0.15) is 7.85 Å². The second-order valence-corrected chi connectivity index (χ2v) is 3.50. The maximum atomic E-state index is 2.28. The standard InChI is InChI=1S/C10H15B/c1-7(2)9-5-4-8(3)10(11)6-9/h4-7H,11H2,1-3H3. The van der Waals surface area contributed by atoms with Gasteiger partial charge in [0.05, 0.1) is 0 Å². The summed E-state index contributed by atoms with van der Waals surface area (Å²) in [4.78, 5) is 0. The van der Waals surface area contributed by atoms with Crippen molar-refractivity contribution < 1.29 is 0 Å². The van der Waals surface area contributed by atoms with Gasteiger partial charge in [0.25, 0.3) is 0 Å². The van der Waals surface area contributed by atoms with Crippen molar-refractivity contribution in [3.63, 3.8) is 0 Å². The number of benzene rings is 1. The van der Waals surface area contributed by atoms with Crippen LogP contribution in [0, 0.1) is 6.92 Å². The first kappa shape index (κ1) is 8.38. The van der Waals surface area contributed by atoms with Gasteiger partial charge in [-0.1, -0.05) is 43.1 Å². The van der Waals surface area contributed by atoms with Gasteiger partial charge in [-0.15, -0.1) is 0 Å². The minimum absolute atomic E-state index is 0.648. The molecule has 0 aromatic heterocycles. The smallest absolute Gasteiger partial charge is 0.0858 e. The molecule has 1 aromatic rings. The highest BCUT2D eigenvalue weighted by Crippen LogP contribution is 2.12. The SMILES string of the molecule is Bc1cc(C(C)C)ccc1C. The lowest BCUT2D eigenvalue weighted by Gasteiger charge is -2.07. The minimum atomic E-state index is 0.648. The fourth-order valence-corrected chi connectivity index (χ4v) is 1.12. The Morgan fingerprint density at radius 3 is 2.36 bits per heavy atom. The van der Waals surface area contributed by atoms with E-state index in [1.54, 1.807) is 0 Å². The maximum Gasteiger partial charge on any atom is 0.139 e. The maximum absolute atomic E-state index is 2.28. The Hall–Kier alpha value is -0.715. The van der Waals surface area contributed by atoms with E-state index < -0.39 is 0 Å². The van der Waals surface area contributed by atoms with E-state index in [1.165, 1.54) is 16.6 Å². The average Bonchev–Trinajstić information content (AvgIpc) is 1.94. The van der Waals surface area contributed by atoms with Crippen molar-refractivity contribution in [2.45, 2.75) is 26.7 Å². The summed E-state index contributed by atoms with van der Waals surface area (Å²) in [7, 11) is 2.17. The van der Waals surface area contributed by atoms with Gasteiger partial charge < -0.3 is 0 Å². The van der Waals surface area contributed by atoms with Gasteiger partial charge in [-0.3, -0.25) is 0 Å². The molecule has 0 atom stereocenters. The van der Waals surface area contributed by atoms with Crippen LogP contribution in [0.2, 0.25) is 0 Å². The molecule has 0 fully saturated rings. The molecule has 0 radical (unpaired) electrons. The fourth-order valence-electron chi connectivity index (χ4n) is 1.12. The van der Waals surface area contributed by atoms with Crippen molar-refractivity contribution in [2.75, 3.05) is 0 Å². The first-order valence-corrected chi connectivity index (χ1v) is 4.18. The summed E-state index contributed by atoms with van der Waals surface area (Å²) in [6.45, 7) is 6.60. The third-order valence-corrected chi connectivity index (χ3v) is 2.20. The number of rotatable bonds is 1. The van der Waals surface area contributed by atoms with Gasteiger partial charge in [0.2, 0.25) is 0 Å². The second kappa shape index (κ2) is 3.12. The molecule has 0 amide bonds. The highest BCUT2D eigenvalue weighted by atomic mass is 14.0. The summed E-state index contributed by atoms with van der Waals surface area (Å²) in [6, 6.07) is 6.69. The van der Waals surface area contributed by atoms with Gasteiger partial charge in [-0.2, -0.15) is 0 Å². The first-order valence-electron chi connectivity index (χ1n) is 4.18. The predicted molar refractivity (Wildman–Crippen MR) is 53.4 cm³/mol. The summed E-state index contributed by atoms with van der Waals surface area (Å²) in [5, 5.41) is 0. The molecule has 0 nitrogen and oxygen atoms in total. The van der Waals surface area contributed by atoms with Crippen LogP contribution in [0.4, 0.5) is 0 Å². The van der Waals surface area contributed by atoms with Crippen LogP contribution in [0.3, 0.4) is 0 Å². The first-order chi connectivity index (χ1) is 5.11. The van der Waals surface area contributed by atoms with Crippen LogP contribution in [-0.2, 0) is 0 Å². The molecule has 0 spiro atoms. The Labute approximate surface area is 70.0 Å². The minimum Gasteiger partial charge on any atom is -0.0858 e. The van der Waals surface area contributed by atoms with E-state index in [4.69, 9.17) is 0 Å². The van der Waals surface area contributed by atoms with E-state index in [1.807, 2.05) is 0 Å². The molecular weight excluding hydrogens is 131 g/mol. The molecule has 0 N–H and O–H groups in total. The quantitative estimate of drug-likeness (QED) is 0.525. The molecule has 58 valence electrons. The summed E-state index contributed by atoms with van der Waals surface area (Å²) in [6.07, 6.45) is 0. The van der Waals surface area contributed by atoms with E-state index in [0.717, 1.165) is 0 Å². The molecule has 11 heavy (non-hydrogen) atoms. The summed E-state index contributed by atoms with van der Waals surface area (Å²) in [5.74, 6) is 0.648. The number of hydrogen-bond donors (Lipinski definition) is 0. The highest BCUT2D eigenvalue weighted by Gasteiger charge is 1.99. The van der Waals surface area contributed by atoms with Crippen LogP contribution in [0.15, 0.2) is 18.2 Å². The van der Waals surface area contributed by atoms with Crippen LogP contribution >= 0.6 is 0 Å². The van der Waals surface area contributed by atoms with E-state index in [9.17, 15) is 0 Å². The van der Waals surface area contributed by atoms with Gasteiger partial charge in [0, 0.05) is 0 Å². The zero-order valence-corrected chi connectivity index (χ0v) is 7.81. The molecule has 0 aliphatic rings. The Balaban J connectivity index is 3.05. The third kappa shape index (κ3) is 1.86. The predicted octanol–water partition coefficient (Wildman–Crippen LogP) is 1.38. The van der Waals surface area contributed by atoms with E-state index in [2.05, 4.69) is 46.8 Å². The Bertz CT molecular complexity index is 251. The van der Waals surface area contributed by atoms with E-state index >= 15 is 0 Å². The summed E-state index contributed by atoms with van der Waals surface area (Å²) in [5.41, 5.74) is 4.22. The molecular formula is C10H15B. The lowest BCUT2D eigenvalue weighted by atomic mass is 9.87. The van der Waals surface area contributed by atoms with Gasteiger partial charge >= 0.3 is 0 Å². The zero-order valence-electron chi connectivity index (χ0n) is 7.81. The van der Waals surface area contributed by atoms with Crippen LogP contribution in [0.25, 0.3) is 0 Å². The summed E-state index contributed by atoms with van der Waals surface area (Å²) < 4.78 is 0. The molecule has 0 unspecified atom stereocenters. The van der Waals surface area contributed by atoms with Crippen molar-refractivity contribution in [1.82, 2.24) is 0 Å². The van der Waals surface area contributed by atoms with Crippen molar-refractivity contribution >= 4 is 13.3 Å². The van der Waals surface area contributed by atoms with Gasteiger partial charge in [0.15, 0.2) is 0 Å². The highest BCUT2D eigenvalue weighted by molar-refractivity contribution is 6.33. The molecule has 0 saturated heterocycles. The number of hydrogen-bond acceptors (Lipinski definition) is 0. The van der Waals surface area contributed by atoms with E-state index in [0.29, 0.717) is 5.92 Å². The Morgan fingerprint density at radius 2 is 1.91 bits per heavy atom. The molecule has 0 saturated carbocycles. The van der Waals surface area contributed by atoms with Gasteiger partial charge in [-0.05, 0) is 18.4 Å². The lowest BCUT2D eigenvalue weighted by Crippen LogP contribution is -2.08. The molecule has 0 bridgehead atoms. The van der Waals surface area contributed by atoms with Crippen molar-refractivity contribution in [3.05, 3.63) is 29.3 Å². The monoisotopic (exact) mass is 146 g/mol. The van der Waals surface area contributed by atoms with E-state index in [-0.39, 0.29) is 0 Å². The van der Waals surface area contributed by atoms with Crippen LogP contribution in [-0.4, -0.2) is 7.85 Å². The van der Waals surface area contributed by atoms with Crippen LogP contribution in [0.5, 0.6) is 0 Å². The Morgan fingerprint density at radius 1 is 1.27 bits per heavy atom. The van der Waals surface area contributed by atoms with Crippen molar-refractivity contribution in [2.24, 2.45) is 0 Å². The average molecular weight is 146 g/mol. The molecule has 1 aromatic carbocycles. The second-order valence-electron chi connectivity index (χ2n) is 3.50. The fraction of sp³-hybridized carbons (Fsp3) is 0.400. The lowest BCUT2D eigenvalue weighted by molar-refractivity contribution is 0.867. The normalized spacial score (nSPS) is 10.5. The third-order valence-electron chi connectivity index (χ3n) is 2.20. The summed E-state index contributed by atoms with van der Waals surface area (Å²) >= 11 is 0. The van der Waals surface area contributed by atoms with Gasteiger partial charge in [-0.25, -0.2) is 0 Å².